The molecule has 3 unspecified atom stereocenters. The minimum Gasteiger partial charge on any atom is -0.481 e. The predicted octanol–water partition coefficient (Wildman–Crippen LogP) is -1.44. The Morgan fingerprint density at radius 3 is 2.14 bits per heavy atom. The van der Waals surface area contributed by atoms with Crippen molar-refractivity contribution in [1.82, 2.24) is 25.9 Å². The highest BCUT2D eigenvalue weighted by atomic mass is 16.4. The maximum atomic E-state index is 12.9. The first kappa shape index (κ1) is 27.0. The van der Waals surface area contributed by atoms with Gasteiger partial charge < -0.3 is 36.9 Å². The number of imidazole rings is 1. The molecule has 8 N–H and O–H groups in total. The number of hydrogen-bond acceptors (Lipinski definition) is 7. The number of carbonyl (C=O) groups is 5. The van der Waals surface area contributed by atoms with Crippen LogP contribution in [0.5, 0.6) is 0 Å². The Hall–Kier alpha value is -4.26. The maximum absolute atomic E-state index is 12.9. The van der Waals surface area contributed by atoms with Gasteiger partial charge in [-0.3, -0.25) is 19.2 Å². The summed E-state index contributed by atoms with van der Waals surface area (Å²) in [5, 5.41) is 25.8. The third-order valence-corrected chi connectivity index (χ3v) is 4.99. The smallest absolute Gasteiger partial charge is 0.326 e. The fraction of sp³-hybridized carbons (Fsp3) is 0.364. The van der Waals surface area contributed by atoms with Gasteiger partial charge in [0.05, 0.1) is 12.9 Å². The molecule has 0 spiro atoms. The molecule has 0 fully saturated rings. The molecule has 1 heterocycles. The minimum absolute atomic E-state index is 0.00337. The van der Waals surface area contributed by atoms with Gasteiger partial charge in [-0.25, -0.2) is 9.78 Å². The Kier molecular flexibility index (Phi) is 10.4. The molecule has 0 radical (unpaired) electrons. The predicted molar refractivity (Wildman–Crippen MR) is 122 cm³/mol. The van der Waals surface area contributed by atoms with Gasteiger partial charge >= 0.3 is 11.9 Å². The van der Waals surface area contributed by atoms with Crippen LogP contribution < -0.4 is 21.7 Å². The van der Waals surface area contributed by atoms with Crippen LogP contribution in [-0.2, 0) is 36.8 Å². The number of nitrogens with zero attached hydrogens (tertiary/aromatic N) is 1. The summed E-state index contributed by atoms with van der Waals surface area (Å²) in [6, 6.07) is 4.78. The lowest BCUT2D eigenvalue weighted by molar-refractivity contribution is -0.143. The van der Waals surface area contributed by atoms with Crippen LogP contribution in [0.15, 0.2) is 42.9 Å². The van der Waals surface area contributed by atoms with Crippen LogP contribution in [0.3, 0.4) is 0 Å². The summed E-state index contributed by atoms with van der Waals surface area (Å²) in [5.41, 5.74) is 6.50. The van der Waals surface area contributed by atoms with E-state index in [0.29, 0.717) is 11.3 Å². The number of hydrogen-bond donors (Lipinski definition) is 7. The first-order valence-electron chi connectivity index (χ1n) is 10.8. The zero-order valence-electron chi connectivity index (χ0n) is 18.8. The fourth-order valence-electron chi connectivity index (χ4n) is 3.21. The number of aromatic nitrogens is 2. The minimum atomic E-state index is -1.37. The Morgan fingerprint density at radius 2 is 1.57 bits per heavy atom. The van der Waals surface area contributed by atoms with Crippen LogP contribution in [0, 0.1) is 0 Å². The van der Waals surface area contributed by atoms with Gasteiger partial charge in [-0.15, -0.1) is 0 Å². The summed E-state index contributed by atoms with van der Waals surface area (Å²) in [4.78, 5) is 67.1. The highest BCUT2D eigenvalue weighted by Gasteiger charge is 2.30. The maximum Gasteiger partial charge on any atom is 0.326 e. The number of amides is 3. The normalized spacial score (nSPS) is 13.2. The van der Waals surface area contributed by atoms with Crippen LogP contribution in [0.2, 0.25) is 0 Å². The Morgan fingerprint density at radius 1 is 0.914 bits per heavy atom. The molecule has 13 nitrogen and oxygen atoms in total. The number of carboxylic acids is 2. The lowest BCUT2D eigenvalue weighted by Gasteiger charge is -2.24. The topological polar surface area (TPSA) is 217 Å². The first-order chi connectivity index (χ1) is 16.7. The molecule has 0 saturated heterocycles. The molecule has 0 aliphatic rings. The molecular weight excluding hydrogens is 460 g/mol. The van der Waals surface area contributed by atoms with Gasteiger partial charge in [0.2, 0.25) is 17.7 Å². The second-order valence-electron chi connectivity index (χ2n) is 7.69. The SMILES string of the molecule is NCC(=O)NC(Cc1cnc[nH]1)C(=O)NC(CCC(=O)O)C(=O)NC(Cc1ccccc1)C(=O)O. The molecule has 2 rings (SSSR count). The molecule has 1 aromatic carbocycles. The molecule has 35 heavy (non-hydrogen) atoms. The van der Waals surface area contributed by atoms with Gasteiger partial charge in [0.25, 0.3) is 0 Å². The van der Waals surface area contributed by atoms with E-state index < -0.39 is 54.2 Å². The Balaban J connectivity index is 2.16. The van der Waals surface area contributed by atoms with Crippen LogP contribution >= 0.6 is 0 Å². The average Bonchev–Trinajstić information content (AvgIpc) is 3.34. The van der Waals surface area contributed by atoms with Crippen molar-refractivity contribution in [1.29, 1.82) is 0 Å². The quantitative estimate of drug-likeness (QED) is 0.165. The summed E-state index contributed by atoms with van der Waals surface area (Å²) < 4.78 is 0. The molecule has 0 saturated carbocycles. The van der Waals surface area contributed by atoms with Crippen molar-refractivity contribution in [3.8, 4) is 0 Å². The largest absolute Gasteiger partial charge is 0.481 e. The molecule has 188 valence electrons. The number of rotatable bonds is 14. The van der Waals surface area contributed by atoms with Crippen LogP contribution in [0.1, 0.15) is 24.1 Å². The molecular formula is C22H28N6O7. The van der Waals surface area contributed by atoms with Gasteiger partial charge in [-0.05, 0) is 12.0 Å². The van der Waals surface area contributed by atoms with Crippen molar-refractivity contribution >= 4 is 29.7 Å². The fourth-order valence-corrected chi connectivity index (χ4v) is 3.21. The Labute approximate surface area is 200 Å². The van der Waals surface area contributed by atoms with E-state index in [-0.39, 0.29) is 25.8 Å². The number of H-pyrrole nitrogens is 1. The van der Waals surface area contributed by atoms with Gasteiger partial charge in [-0.2, -0.15) is 0 Å². The van der Waals surface area contributed by atoms with Gasteiger partial charge in [0.15, 0.2) is 0 Å². The summed E-state index contributed by atoms with van der Waals surface area (Å²) in [7, 11) is 0. The number of aromatic amines is 1. The van der Waals surface area contributed by atoms with E-state index in [1.54, 1.807) is 30.3 Å². The van der Waals surface area contributed by atoms with E-state index in [1.807, 2.05) is 0 Å². The lowest BCUT2D eigenvalue weighted by atomic mass is 10.0. The number of carbonyl (C=O) groups excluding carboxylic acids is 3. The van der Waals surface area contributed by atoms with Crippen molar-refractivity contribution in [3.05, 3.63) is 54.1 Å². The van der Waals surface area contributed by atoms with Crippen molar-refractivity contribution in [2.24, 2.45) is 5.73 Å². The molecule has 0 bridgehead atoms. The second-order valence-corrected chi connectivity index (χ2v) is 7.69. The standard InChI is InChI=1S/C22H28N6O7/c23-10-18(29)26-16(9-14-11-24-12-25-14)21(33)27-15(6-7-19(30)31)20(32)28-17(22(34)35)8-13-4-2-1-3-5-13/h1-5,11-12,15-17H,6-10,23H2,(H,24,25)(H,26,29)(H,27,33)(H,28,32)(H,30,31)(H,34,35). The molecule has 2 aromatic rings. The zero-order valence-corrected chi connectivity index (χ0v) is 18.8. The highest BCUT2D eigenvalue weighted by molar-refractivity contribution is 5.94. The van der Waals surface area contributed by atoms with Crippen LogP contribution in [-0.4, -0.2) is 74.5 Å². The first-order valence-corrected chi connectivity index (χ1v) is 10.8. The summed E-state index contributed by atoms with van der Waals surface area (Å²) >= 11 is 0. The summed E-state index contributed by atoms with van der Waals surface area (Å²) in [6.45, 7) is -0.380. The number of aliphatic carboxylic acids is 2. The summed E-state index contributed by atoms with van der Waals surface area (Å²) in [5.74, 6) is -4.76. The van der Waals surface area contributed by atoms with E-state index in [4.69, 9.17) is 10.8 Å². The van der Waals surface area contributed by atoms with Gasteiger partial charge in [-0.1, -0.05) is 30.3 Å². The van der Waals surface area contributed by atoms with E-state index in [2.05, 4.69) is 25.9 Å². The number of carboxylic acid groups (broad SMARTS) is 2. The van der Waals surface area contributed by atoms with Crippen molar-refractivity contribution in [3.63, 3.8) is 0 Å². The third kappa shape index (κ3) is 9.25. The van der Waals surface area contributed by atoms with Crippen molar-refractivity contribution in [2.45, 2.75) is 43.8 Å². The molecule has 0 aliphatic carbocycles. The molecule has 1 aromatic heterocycles. The Bertz CT molecular complexity index is 1010. The monoisotopic (exact) mass is 488 g/mol. The second kappa shape index (κ2) is 13.4. The van der Waals surface area contributed by atoms with E-state index in [9.17, 15) is 29.1 Å². The van der Waals surface area contributed by atoms with Crippen molar-refractivity contribution < 1.29 is 34.2 Å². The van der Waals surface area contributed by atoms with Crippen molar-refractivity contribution in [2.75, 3.05) is 6.54 Å². The number of nitrogens with one attached hydrogen (secondary N) is 4. The summed E-state index contributed by atoms with van der Waals surface area (Å²) in [6.07, 6.45) is 2.05. The molecule has 0 aliphatic heterocycles. The molecule has 13 heteroatoms. The third-order valence-electron chi connectivity index (χ3n) is 4.99. The highest BCUT2D eigenvalue weighted by Crippen LogP contribution is 2.07. The number of nitrogens with two attached hydrogens (primary N) is 1. The van der Waals surface area contributed by atoms with Gasteiger partial charge in [0, 0.05) is 31.2 Å². The van der Waals surface area contributed by atoms with Crippen LogP contribution in [0.25, 0.3) is 0 Å². The van der Waals surface area contributed by atoms with E-state index >= 15 is 0 Å². The average molecular weight is 489 g/mol. The number of benzene rings is 1. The molecule has 3 amide bonds. The van der Waals surface area contributed by atoms with E-state index in [1.165, 1.54) is 12.5 Å². The van der Waals surface area contributed by atoms with Gasteiger partial charge in [0.1, 0.15) is 18.1 Å². The zero-order chi connectivity index (χ0) is 25.8. The van der Waals surface area contributed by atoms with Crippen LogP contribution in [0.4, 0.5) is 0 Å². The molecule has 3 atom stereocenters. The lowest BCUT2D eigenvalue weighted by Crippen LogP contribution is -2.57. The van der Waals surface area contributed by atoms with E-state index in [0.717, 1.165) is 0 Å².